The number of halogens is 1. The van der Waals surface area contributed by atoms with Crippen molar-refractivity contribution >= 4 is 27.7 Å². The molecule has 0 aliphatic rings. The molecule has 2 aromatic carbocycles. The molecule has 0 unspecified atom stereocenters. The third-order valence-corrected chi connectivity index (χ3v) is 3.98. The van der Waals surface area contributed by atoms with Gasteiger partial charge in [-0.05, 0) is 60.0 Å². The molecule has 6 heteroatoms. The second kappa shape index (κ2) is 9.22. The van der Waals surface area contributed by atoms with Gasteiger partial charge in [0, 0.05) is 12.0 Å². The van der Waals surface area contributed by atoms with E-state index in [-0.39, 0.29) is 17.9 Å². The van der Waals surface area contributed by atoms with Crippen molar-refractivity contribution in [3.8, 4) is 5.75 Å². The largest absolute Gasteiger partial charge is 0.490 e. The molecule has 0 fully saturated rings. The number of amides is 2. The van der Waals surface area contributed by atoms with Crippen LogP contribution in [0.2, 0.25) is 0 Å². The fourth-order valence-corrected chi connectivity index (χ4v) is 2.63. The first-order chi connectivity index (χ1) is 12.0. The summed E-state index contributed by atoms with van der Waals surface area (Å²) in [5, 5.41) is 0. The van der Waals surface area contributed by atoms with Crippen LogP contribution in [0.4, 0.5) is 0 Å². The van der Waals surface area contributed by atoms with E-state index in [4.69, 9.17) is 4.74 Å². The molecular weight excluding hydrogens is 384 g/mol. The molecule has 2 rings (SSSR count). The van der Waals surface area contributed by atoms with Crippen LogP contribution in [0.15, 0.2) is 53.0 Å². The van der Waals surface area contributed by atoms with Crippen molar-refractivity contribution in [3.05, 3.63) is 64.1 Å². The van der Waals surface area contributed by atoms with Crippen LogP contribution < -0.4 is 15.6 Å². The highest BCUT2D eigenvalue weighted by Gasteiger charge is 2.11. The summed E-state index contributed by atoms with van der Waals surface area (Å²) in [6, 6.07) is 14.7. The molecule has 0 bridgehead atoms. The molecule has 0 heterocycles. The number of hydrogen-bond acceptors (Lipinski definition) is 3. The van der Waals surface area contributed by atoms with Crippen LogP contribution in [-0.4, -0.2) is 17.9 Å². The number of carbonyl (C=O) groups excluding carboxylic acids is 2. The summed E-state index contributed by atoms with van der Waals surface area (Å²) >= 11 is 3.38. The van der Waals surface area contributed by atoms with Gasteiger partial charge in [0.1, 0.15) is 5.75 Å². The SMILES string of the molecule is CC(C)Oc1ccc(C(=O)NNC(=O)CCc2ccccc2)cc1Br. The number of hydrazine groups is 1. The maximum Gasteiger partial charge on any atom is 0.269 e. The minimum Gasteiger partial charge on any atom is -0.490 e. The van der Waals surface area contributed by atoms with Crippen molar-refractivity contribution in [2.75, 3.05) is 0 Å². The molecule has 5 nitrogen and oxygen atoms in total. The number of hydrogen-bond donors (Lipinski definition) is 2. The maximum atomic E-state index is 12.1. The first kappa shape index (κ1) is 19.0. The van der Waals surface area contributed by atoms with E-state index in [1.807, 2.05) is 44.2 Å². The van der Waals surface area contributed by atoms with E-state index in [0.29, 0.717) is 28.6 Å². The number of aryl methyl sites for hydroxylation is 1. The van der Waals surface area contributed by atoms with Gasteiger partial charge >= 0.3 is 0 Å². The quantitative estimate of drug-likeness (QED) is 0.722. The zero-order valence-electron chi connectivity index (χ0n) is 14.2. The van der Waals surface area contributed by atoms with Crippen LogP contribution in [0, 0.1) is 0 Å². The van der Waals surface area contributed by atoms with Crippen LogP contribution in [-0.2, 0) is 11.2 Å². The zero-order valence-corrected chi connectivity index (χ0v) is 15.8. The molecule has 2 amide bonds. The minimum atomic E-state index is -0.384. The molecule has 0 aliphatic heterocycles. The summed E-state index contributed by atoms with van der Waals surface area (Å²) in [7, 11) is 0. The molecule has 132 valence electrons. The van der Waals surface area contributed by atoms with Gasteiger partial charge in [-0.1, -0.05) is 30.3 Å². The number of ether oxygens (including phenoxy) is 1. The first-order valence-corrected chi connectivity index (χ1v) is 8.84. The van der Waals surface area contributed by atoms with Crippen molar-refractivity contribution in [3.63, 3.8) is 0 Å². The fraction of sp³-hybridized carbons (Fsp3) is 0.263. The van der Waals surface area contributed by atoms with Gasteiger partial charge in [-0.2, -0.15) is 0 Å². The Labute approximate surface area is 155 Å². The summed E-state index contributed by atoms with van der Waals surface area (Å²) in [6.45, 7) is 3.86. The lowest BCUT2D eigenvalue weighted by Gasteiger charge is -2.12. The maximum absolute atomic E-state index is 12.1. The summed E-state index contributed by atoms with van der Waals surface area (Å²) in [5.41, 5.74) is 6.35. The Morgan fingerprint density at radius 3 is 2.44 bits per heavy atom. The van der Waals surface area contributed by atoms with Crippen molar-refractivity contribution < 1.29 is 14.3 Å². The van der Waals surface area contributed by atoms with Gasteiger partial charge in [0.25, 0.3) is 5.91 Å². The average Bonchev–Trinajstić information content (AvgIpc) is 2.60. The molecule has 0 saturated carbocycles. The fourth-order valence-electron chi connectivity index (χ4n) is 2.16. The second-order valence-corrected chi connectivity index (χ2v) is 6.65. The summed E-state index contributed by atoms with van der Waals surface area (Å²) in [5.74, 6) is 0.0411. The van der Waals surface area contributed by atoms with Gasteiger partial charge in [0.2, 0.25) is 5.91 Å². The molecule has 2 aromatic rings. The molecule has 0 aliphatic carbocycles. The highest BCUT2D eigenvalue weighted by Crippen LogP contribution is 2.26. The number of nitrogens with one attached hydrogen (secondary N) is 2. The van der Waals surface area contributed by atoms with Crippen molar-refractivity contribution in [2.24, 2.45) is 0 Å². The summed E-state index contributed by atoms with van der Waals surface area (Å²) < 4.78 is 6.29. The van der Waals surface area contributed by atoms with Crippen molar-refractivity contribution in [1.29, 1.82) is 0 Å². The molecule has 0 saturated heterocycles. The van der Waals surface area contributed by atoms with Gasteiger partial charge in [-0.3, -0.25) is 20.4 Å². The van der Waals surface area contributed by atoms with Crippen LogP contribution in [0.3, 0.4) is 0 Å². The topological polar surface area (TPSA) is 67.4 Å². The monoisotopic (exact) mass is 404 g/mol. The van der Waals surface area contributed by atoms with Gasteiger partial charge < -0.3 is 4.74 Å². The van der Waals surface area contributed by atoms with Crippen LogP contribution in [0.5, 0.6) is 5.75 Å². The Bertz CT molecular complexity index is 733. The molecule has 0 aromatic heterocycles. The highest BCUT2D eigenvalue weighted by molar-refractivity contribution is 9.10. The summed E-state index contributed by atoms with van der Waals surface area (Å²) in [6.07, 6.45) is 0.963. The number of rotatable bonds is 6. The minimum absolute atomic E-state index is 0.0416. The standard InChI is InChI=1S/C19H21BrN2O3/c1-13(2)25-17-10-9-15(12-16(17)20)19(24)22-21-18(23)11-8-14-6-4-3-5-7-14/h3-7,9-10,12-13H,8,11H2,1-2H3,(H,21,23)(H,22,24). The lowest BCUT2D eigenvalue weighted by Crippen LogP contribution is -2.41. The van der Waals surface area contributed by atoms with Gasteiger partial charge in [0.15, 0.2) is 0 Å². The van der Waals surface area contributed by atoms with E-state index in [0.717, 1.165) is 5.56 Å². The molecule has 25 heavy (non-hydrogen) atoms. The van der Waals surface area contributed by atoms with E-state index in [1.165, 1.54) is 0 Å². The first-order valence-electron chi connectivity index (χ1n) is 8.05. The number of carbonyl (C=O) groups is 2. The molecule has 0 radical (unpaired) electrons. The van der Waals surface area contributed by atoms with Crippen molar-refractivity contribution in [2.45, 2.75) is 32.8 Å². The van der Waals surface area contributed by atoms with E-state index >= 15 is 0 Å². The Morgan fingerprint density at radius 1 is 1.08 bits per heavy atom. The van der Waals surface area contributed by atoms with E-state index < -0.39 is 0 Å². The Morgan fingerprint density at radius 2 is 1.80 bits per heavy atom. The van der Waals surface area contributed by atoms with E-state index in [1.54, 1.807) is 18.2 Å². The summed E-state index contributed by atoms with van der Waals surface area (Å²) in [4.78, 5) is 24.0. The lowest BCUT2D eigenvalue weighted by atomic mass is 10.1. The zero-order chi connectivity index (χ0) is 18.2. The highest BCUT2D eigenvalue weighted by atomic mass is 79.9. The predicted octanol–water partition coefficient (Wildman–Crippen LogP) is 3.63. The molecule has 2 N–H and O–H groups in total. The number of benzene rings is 2. The third-order valence-electron chi connectivity index (χ3n) is 3.36. The Hall–Kier alpha value is -2.34. The normalized spacial score (nSPS) is 10.4. The second-order valence-electron chi connectivity index (χ2n) is 5.80. The van der Waals surface area contributed by atoms with Gasteiger partial charge in [0.05, 0.1) is 10.6 Å². The molecule has 0 spiro atoms. The lowest BCUT2D eigenvalue weighted by molar-refractivity contribution is -0.121. The van der Waals surface area contributed by atoms with Crippen molar-refractivity contribution in [1.82, 2.24) is 10.9 Å². The van der Waals surface area contributed by atoms with Crippen LogP contribution in [0.1, 0.15) is 36.2 Å². The van der Waals surface area contributed by atoms with Crippen LogP contribution >= 0.6 is 15.9 Å². The Kier molecular flexibility index (Phi) is 7.01. The third kappa shape index (κ3) is 6.23. The van der Waals surface area contributed by atoms with Gasteiger partial charge in [-0.15, -0.1) is 0 Å². The smallest absolute Gasteiger partial charge is 0.269 e. The predicted molar refractivity (Wildman–Crippen MR) is 100 cm³/mol. The average molecular weight is 405 g/mol. The van der Waals surface area contributed by atoms with Gasteiger partial charge in [-0.25, -0.2) is 0 Å². The van der Waals surface area contributed by atoms with E-state index in [9.17, 15) is 9.59 Å². The molecule has 0 atom stereocenters. The Balaban J connectivity index is 1.83. The molecular formula is C19H21BrN2O3. The van der Waals surface area contributed by atoms with E-state index in [2.05, 4.69) is 26.8 Å². The van der Waals surface area contributed by atoms with Crippen LogP contribution in [0.25, 0.3) is 0 Å².